The van der Waals surface area contributed by atoms with E-state index in [1.54, 1.807) is 32.9 Å². The van der Waals surface area contributed by atoms with E-state index in [0.717, 1.165) is 0 Å². The van der Waals surface area contributed by atoms with Gasteiger partial charge in [-0.3, -0.25) is 10.2 Å². The SMILES string of the molecule is CC(C)(C)OC(=O)c1ccc(NC(=O)CCNS(=O)(=O)c2ccc(C(=N)N)cc2)cc1. The predicted octanol–water partition coefficient (Wildman–Crippen LogP) is 2.23. The van der Waals surface area contributed by atoms with E-state index in [1.165, 1.54) is 36.4 Å². The lowest BCUT2D eigenvalue weighted by Crippen LogP contribution is -2.28. The van der Waals surface area contributed by atoms with E-state index < -0.39 is 21.6 Å². The van der Waals surface area contributed by atoms with Crippen LogP contribution in [0.1, 0.15) is 43.1 Å². The number of ether oxygens (including phenoxy) is 1. The van der Waals surface area contributed by atoms with Crippen molar-refractivity contribution in [3.05, 3.63) is 59.7 Å². The number of carbonyl (C=O) groups is 2. The van der Waals surface area contributed by atoms with Crippen LogP contribution in [-0.4, -0.2) is 38.3 Å². The third kappa shape index (κ3) is 7.50. The number of benzene rings is 2. The summed E-state index contributed by atoms with van der Waals surface area (Å²) in [6.07, 6.45) is -0.0847. The molecule has 1 amide bonds. The molecule has 2 aromatic carbocycles. The Balaban J connectivity index is 1.86. The molecule has 0 radical (unpaired) electrons. The summed E-state index contributed by atoms with van der Waals surface area (Å²) < 4.78 is 32.2. The zero-order valence-electron chi connectivity index (χ0n) is 17.6. The molecule has 0 aliphatic heterocycles. The summed E-state index contributed by atoms with van der Waals surface area (Å²) in [7, 11) is -3.79. The fourth-order valence-corrected chi connectivity index (χ4v) is 3.48. The summed E-state index contributed by atoms with van der Waals surface area (Å²) in [6.45, 7) is 5.22. The summed E-state index contributed by atoms with van der Waals surface area (Å²) in [4.78, 5) is 24.1. The van der Waals surface area contributed by atoms with Gasteiger partial charge < -0.3 is 15.8 Å². The zero-order chi connectivity index (χ0) is 23.2. The minimum absolute atomic E-state index is 0.00985. The van der Waals surface area contributed by atoms with Gasteiger partial charge in [0.15, 0.2) is 0 Å². The number of carbonyl (C=O) groups excluding carboxylic acids is 2. The van der Waals surface area contributed by atoms with Gasteiger partial charge in [0, 0.05) is 24.2 Å². The number of nitrogens with two attached hydrogens (primary N) is 1. The van der Waals surface area contributed by atoms with Gasteiger partial charge in [0.25, 0.3) is 0 Å². The number of rotatable bonds is 8. The number of sulfonamides is 1. The molecule has 166 valence electrons. The number of nitrogens with one attached hydrogen (secondary N) is 3. The van der Waals surface area contributed by atoms with Gasteiger partial charge in [-0.05, 0) is 69.3 Å². The monoisotopic (exact) mass is 446 g/mol. The number of nitrogen functional groups attached to an aromatic ring is 1. The molecule has 0 aliphatic rings. The van der Waals surface area contributed by atoms with E-state index in [4.69, 9.17) is 15.9 Å². The predicted molar refractivity (Wildman–Crippen MR) is 118 cm³/mol. The van der Waals surface area contributed by atoms with Crippen LogP contribution in [0, 0.1) is 5.41 Å². The van der Waals surface area contributed by atoms with E-state index in [-0.39, 0.29) is 29.6 Å². The van der Waals surface area contributed by atoms with E-state index in [0.29, 0.717) is 16.8 Å². The lowest BCUT2D eigenvalue weighted by molar-refractivity contribution is -0.116. The molecular weight excluding hydrogens is 420 g/mol. The average molecular weight is 447 g/mol. The first kappa shape index (κ1) is 24.0. The lowest BCUT2D eigenvalue weighted by atomic mass is 10.1. The molecule has 0 aliphatic carbocycles. The minimum Gasteiger partial charge on any atom is -0.456 e. The Morgan fingerprint density at radius 1 is 1.00 bits per heavy atom. The fourth-order valence-electron chi connectivity index (χ4n) is 2.45. The second-order valence-corrected chi connectivity index (χ2v) is 9.48. The van der Waals surface area contributed by atoms with Crippen LogP contribution < -0.4 is 15.8 Å². The highest BCUT2D eigenvalue weighted by atomic mass is 32.2. The van der Waals surface area contributed by atoms with Crippen LogP contribution in [0.5, 0.6) is 0 Å². The molecule has 0 spiro atoms. The van der Waals surface area contributed by atoms with Crippen molar-refractivity contribution < 1.29 is 22.7 Å². The third-order valence-corrected chi connectivity index (χ3v) is 5.40. The Morgan fingerprint density at radius 3 is 2.06 bits per heavy atom. The van der Waals surface area contributed by atoms with Gasteiger partial charge >= 0.3 is 5.97 Å². The highest BCUT2D eigenvalue weighted by Gasteiger charge is 2.18. The van der Waals surface area contributed by atoms with E-state index >= 15 is 0 Å². The molecule has 9 nitrogen and oxygen atoms in total. The van der Waals surface area contributed by atoms with Crippen LogP contribution >= 0.6 is 0 Å². The topological polar surface area (TPSA) is 151 Å². The van der Waals surface area contributed by atoms with Crippen LogP contribution in [-0.2, 0) is 19.6 Å². The maximum atomic E-state index is 12.3. The maximum Gasteiger partial charge on any atom is 0.338 e. The number of amides is 1. The second kappa shape index (κ2) is 9.71. The molecule has 0 fully saturated rings. The Kier molecular flexibility index (Phi) is 7.53. The van der Waals surface area contributed by atoms with Crippen molar-refractivity contribution in [1.29, 1.82) is 5.41 Å². The second-order valence-electron chi connectivity index (χ2n) is 7.71. The van der Waals surface area contributed by atoms with Gasteiger partial charge in [-0.15, -0.1) is 0 Å². The third-order valence-electron chi connectivity index (χ3n) is 3.92. The van der Waals surface area contributed by atoms with Crippen molar-refractivity contribution in [3.63, 3.8) is 0 Å². The van der Waals surface area contributed by atoms with Gasteiger partial charge in [0.2, 0.25) is 15.9 Å². The van der Waals surface area contributed by atoms with Crippen molar-refractivity contribution in [2.75, 3.05) is 11.9 Å². The van der Waals surface area contributed by atoms with Crippen molar-refractivity contribution in [2.45, 2.75) is 37.7 Å². The summed E-state index contributed by atoms with van der Waals surface area (Å²) in [5.74, 6) is -1.01. The van der Waals surface area contributed by atoms with Crippen LogP contribution in [0.25, 0.3) is 0 Å². The van der Waals surface area contributed by atoms with Crippen molar-refractivity contribution in [3.8, 4) is 0 Å². The molecule has 0 saturated heterocycles. The number of amidine groups is 1. The van der Waals surface area contributed by atoms with Crippen molar-refractivity contribution in [2.24, 2.45) is 5.73 Å². The number of hydrogen-bond donors (Lipinski definition) is 4. The van der Waals surface area contributed by atoms with Gasteiger partial charge in [-0.1, -0.05) is 0 Å². The first-order valence-corrected chi connectivity index (χ1v) is 10.9. The highest BCUT2D eigenvalue weighted by molar-refractivity contribution is 7.89. The molecule has 0 heterocycles. The molecule has 0 atom stereocenters. The molecule has 31 heavy (non-hydrogen) atoms. The lowest BCUT2D eigenvalue weighted by Gasteiger charge is -2.19. The molecular formula is C21H26N4O5S. The molecule has 0 bridgehead atoms. The highest BCUT2D eigenvalue weighted by Crippen LogP contribution is 2.15. The summed E-state index contributed by atoms with van der Waals surface area (Å²) in [6, 6.07) is 11.8. The quantitative estimate of drug-likeness (QED) is 0.277. The van der Waals surface area contributed by atoms with Crippen LogP contribution in [0.15, 0.2) is 53.4 Å². The zero-order valence-corrected chi connectivity index (χ0v) is 18.4. The summed E-state index contributed by atoms with van der Waals surface area (Å²) >= 11 is 0. The maximum absolute atomic E-state index is 12.3. The molecule has 5 N–H and O–H groups in total. The summed E-state index contributed by atoms with van der Waals surface area (Å²) in [5, 5.41) is 9.96. The van der Waals surface area contributed by atoms with Crippen LogP contribution in [0.3, 0.4) is 0 Å². The van der Waals surface area contributed by atoms with E-state index in [1.807, 2.05) is 0 Å². The Labute approximate surface area is 181 Å². The largest absolute Gasteiger partial charge is 0.456 e. The van der Waals surface area contributed by atoms with Crippen molar-refractivity contribution in [1.82, 2.24) is 4.72 Å². The Morgan fingerprint density at radius 2 is 1.55 bits per heavy atom. The first-order valence-electron chi connectivity index (χ1n) is 9.45. The standard InChI is InChI=1S/C21H26N4O5S/c1-21(2,3)30-20(27)15-4-8-16(9-5-15)25-18(26)12-13-24-31(28,29)17-10-6-14(7-11-17)19(22)23/h4-11,24H,12-13H2,1-3H3,(H3,22,23)(H,25,26). The first-order chi connectivity index (χ1) is 14.4. The Hall–Kier alpha value is -3.24. The van der Waals surface area contributed by atoms with Gasteiger partial charge in [-0.2, -0.15) is 0 Å². The Bertz CT molecular complexity index is 1060. The molecule has 0 unspecified atom stereocenters. The van der Waals surface area contributed by atoms with Gasteiger partial charge in [0.1, 0.15) is 11.4 Å². The van der Waals surface area contributed by atoms with Crippen molar-refractivity contribution >= 4 is 33.4 Å². The normalized spacial score (nSPS) is 11.6. The molecule has 0 aromatic heterocycles. The van der Waals surface area contributed by atoms with Gasteiger partial charge in [-0.25, -0.2) is 17.9 Å². The van der Waals surface area contributed by atoms with E-state index in [2.05, 4.69) is 10.0 Å². The smallest absolute Gasteiger partial charge is 0.338 e. The minimum atomic E-state index is -3.79. The molecule has 2 rings (SSSR count). The molecule has 2 aromatic rings. The summed E-state index contributed by atoms with van der Waals surface area (Å²) in [5.41, 5.74) is 5.99. The van der Waals surface area contributed by atoms with Gasteiger partial charge in [0.05, 0.1) is 10.5 Å². The number of anilines is 1. The molecule has 0 saturated carbocycles. The fraction of sp³-hybridized carbons (Fsp3) is 0.286. The van der Waals surface area contributed by atoms with Crippen LogP contribution in [0.2, 0.25) is 0 Å². The average Bonchev–Trinajstić information content (AvgIpc) is 2.67. The molecule has 10 heteroatoms. The van der Waals surface area contributed by atoms with E-state index in [9.17, 15) is 18.0 Å². The number of esters is 1. The number of hydrogen-bond acceptors (Lipinski definition) is 6. The van der Waals surface area contributed by atoms with Crippen LogP contribution in [0.4, 0.5) is 5.69 Å².